The molecule has 0 saturated heterocycles. The smallest absolute Gasteiger partial charge is 0.225 e. The first-order chi connectivity index (χ1) is 8.13. The fraction of sp³-hybridized carbons (Fsp3) is 0.364. The summed E-state index contributed by atoms with van der Waals surface area (Å²) in [5.41, 5.74) is 6.71. The first-order valence-corrected chi connectivity index (χ1v) is 6.70. The maximum atomic E-state index is 11.5. The number of benzene rings is 1. The van der Waals surface area contributed by atoms with Crippen LogP contribution in [0.5, 0.6) is 0 Å². The Morgan fingerprint density at radius 2 is 2.24 bits per heavy atom. The van der Waals surface area contributed by atoms with Crippen LogP contribution in [0.4, 0.5) is 11.4 Å². The number of nitrogens with one attached hydrogen (secondary N) is 1. The van der Waals surface area contributed by atoms with E-state index in [4.69, 9.17) is 22.4 Å². The van der Waals surface area contributed by atoms with Crippen molar-refractivity contribution in [2.45, 2.75) is 6.42 Å². The Hall–Kier alpha value is -0.910. The van der Waals surface area contributed by atoms with Gasteiger partial charge in [-0.15, -0.1) is 0 Å². The fourth-order valence-electron chi connectivity index (χ4n) is 1.18. The lowest BCUT2D eigenvalue weighted by Gasteiger charge is -2.06. The second kappa shape index (κ2) is 7.42. The number of hydrogen-bond donors (Lipinski definition) is 3. The van der Waals surface area contributed by atoms with Crippen molar-refractivity contribution in [3.8, 4) is 0 Å². The van der Waals surface area contributed by atoms with Gasteiger partial charge in [0.25, 0.3) is 0 Å². The Labute approximate surface area is 110 Å². The van der Waals surface area contributed by atoms with Gasteiger partial charge in [-0.2, -0.15) is 11.8 Å². The third-order valence-electron chi connectivity index (χ3n) is 1.99. The van der Waals surface area contributed by atoms with Crippen LogP contribution in [0, 0.1) is 0 Å². The van der Waals surface area contributed by atoms with E-state index in [1.165, 1.54) is 0 Å². The van der Waals surface area contributed by atoms with E-state index >= 15 is 0 Å². The molecule has 0 atom stereocenters. The van der Waals surface area contributed by atoms with E-state index < -0.39 is 0 Å². The normalized spacial score (nSPS) is 10.2. The number of amides is 1. The molecular formula is C11H15ClN2O2S. The molecule has 94 valence electrons. The SMILES string of the molecule is Nc1cc(NC(=O)CCSCCO)ccc1Cl. The third-order valence-corrected chi connectivity index (χ3v) is 3.30. The molecule has 0 unspecified atom stereocenters. The van der Waals surface area contributed by atoms with E-state index in [9.17, 15) is 4.79 Å². The van der Waals surface area contributed by atoms with Gasteiger partial charge in [-0.25, -0.2) is 0 Å². The topological polar surface area (TPSA) is 75.3 Å². The van der Waals surface area contributed by atoms with Gasteiger partial charge in [-0.05, 0) is 18.2 Å². The quantitative estimate of drug-likeness (QED) is 0.548. The molecule has 1 aromatic carbocycles. The molecule has 1 aromatic rings. The minimum absolute atomic E-state index is 0.0721. The molecule has 17 heavy (non-hydrogen) atoms. The fourth-order valence-corrected chi connectivity index (χ4v) is 1.96. The minimum atomic E-state index is -0.0721. The van der Waals surface area contributed by atoms with Gasteiger partial charge in [0.05, 0.1) is 17.3 Å². The first kappa shape index (κ1) is 14.2. The molecular weight excluding hydrogens is 260 g/mol. The molecule has 0 spiro atoms. The van der Waals surface area contributed by atoms with Crippen molar-refractivity contribution in [3.63, 3.8) is 0 Å². The summed E-state index contributed by atoms with van der Waals surface area (Å²) < 4.78 is 0. The molecule has 6 heteroatoms. The summed E-state index contributed by atoms with van der Waals surface area (Å²) in [5, 5.41) is 11.8. The molecule has 1 rings (SSSR count). The number of nitrogens with two attached hydrogens (primary N) is 1. The zero-order chi connectivity index (χ0) is 12.7. The molecule has 0 saturated carbocycles. The van der Waals surface area contributed by atoms with Gasteiger partial charge in [0.15, 0.2) is 0 Å². The van der Waals surface area contributed by atoms with Crippen LogP contribution in [0.2, 0.25) is 5.02 Å². The van der Waals surface area contributed by atoms with Crippen LogP contribution in [0.15, 0.2) is 18.2 Å². The summed E-state index contributed by atoms with van der Waals surface area (Å²) in [5.74, 6) is 1.27. The van der Waals surface area contributed by atoms with Crippen LogP contribution in [0.3, 0.4) is 0 Å². The summed E-state index contributed by atoms with van der Waals surface area (Å²) in [4.78, 5) is 11.5. The largest absolute Gasteiger partial charge is 0.397 e. The molecule has 4 N–H and O–H groups in total. The predicted molar refractivity (Wildman–Crippen MR) is 73.5 cm³/mol. The summed E-state index contributed by atoms with van der Waals surface area (Å²) in [6.07, 6.45) is 0.410. The number of carbonyl (C=O) groups is 1. The number of carbonyl (C=O) groups excluding carboxylic acids is 1. The standard InChI is InChI=1S/C11H15ClN2O2S/c12-9-2-1-8(7-10(9)13)14-11(16)3-5-17-6-4-15/h1-2,7,15H,3-6,13H2,(H,14,16). The van der Waals surface area contributed by atoms with Crippen LogP contribution >= 0.6 is 23.4 Å². The van der Waals surface area contributed by atoms with Crippen LogP contribution in [0.1, 0.15) is 6.42 Å². The van der Waals surface area contributed by atoms with Crippen LogP contribution in [-0.2, 0) is 4.79 Å². The van der Waals surface area contributed by atoms with Crippen molar-refractivity contribution in [2.24, 2.45) is 0 Å². The van der Waals surface area contributed by atoms with Crippen LogP contribution in [-0.4, -0.2) is 29.1 Å². The predicted octanol–water partition coefficient (Wildman–Crippen LogP) is 1.98. The highest BCUT2D eigenvalue weighted by Gasteiger charge is 2.04. The van der Waals surface area contributed by atoms with Gasteiger partial charge in [0.2, 0.25) is 5.91 Å². The van der Waals surface area contributed by atoms with Crippen molar-refractivity contribution < 1.29 is 9.90 Å². The van der Waals surface area contributed by atoms with Gasteiger partial charge in [0, 0.05) is 23.6 Å². The molecule has 0 aliphatic carbocycles. The van der Waals surface area contributed by atoms with Crippen LogP contribution < -0.4 is 11.1 Å². The van der Waals surface area contributed by atoms with Crippen molar-refractivity contribution >= 4 is 40.6 Å². The molecule has 0 fully saturated rings. The summed E-state index contributed by atoms with van der Waals surface area (Å²) in [7, 11) is 0. The summed E-state index contributed by atoms with van der Waals surface area (Å²) >= 11 is 7.31. The molecule has 0 radical (unpaired) electrons. The summed E-state index contributed by atoms with van der Waals surface area (Å²) in [6.45, 7) is 0.139. The number of aliphatic hydroxyl groups is 1. The number of hydrogen-bond acceptors (Lipinski definition) is 4. The maximum Gasteiger partial charge on any atom is 0.225 e. The van der Waals surface area contributed by atoms with Crippen molar-refractivity contribution in [3.05, 3.63) is 23.2 Å². The van der Waals surface area contributed by atoms with E-state index in [-0.39, 0.29) is 12.5 Å². The average Bonchev–Trinajstić information content (AvgIpc) is 2.30. The second-order valence-electron chi connectivity index (χ2n) is 3.37. The Kier molecular flexibility index (Phi) is 6.18. The first-order valence-electron chi connectivity index (χ1n) is 5.17. The minimum Gasteiger partial charge on any atom is -0.397 e. The summed E-state index contributed by atoms with van der Waals surface area (Å²) in [6, 6.07) is 4.98. The second-order valence-corrected chi connectivity index (χ2v) is 5.00. The number of aliphatic hydroxyl groups excluding tert-OH is 1. The van der Waals surface area contributed by atoms with Crippen molar-refractivity contribution in [1.29, 1.82) is 0 Å². The third kappa shape index (κ3) is 5.30. The van der Waals surface area contributed by atoms with Gasteiger partial charge >= 0.3 is 0 Å². The Bertz CT molecular complexity index is 388. The van der Waals surface area contributed by atoms with Gasteiger partial charge in [-0.1, -0.05) is 11.6 Å². The lowest BCUT2D eigenvalue weighted by molar-refractivity contribution is -0.115. The monoisotopic (exact) mass is 274 g/mol. The lowest BCUT2D eigenvalue weighted by Crippen LogP contribution is -2.12. The number of thioether (sulfide) groups is 1. The number of rotatable bonds is 6. The zero-order valence-corrected chi connectivity index (χ0v) is 10.9. The van der Waals surface area contributed by atoms with Crippen molar-refractivity contribution in [2.75, 3.05) is 29.2 Å². The molecule has 0 bridgehead atoms. The Morgan fingerprint density at radius 1 is 1.47 bits per heavy atom. The number of nitrogen functional groups attached to an aromatic ring is 1. The van der Waals surface area contributed by atoms with E-state index in [0.29, 0.717) is 34.3 Å². The lowest BCUT2D eigenvalue weighted by atomic mass is 10.2. The molecule has 0 aliphatic rings. The molecule has 0 heterocycles. The zero-order valence-electron chi connectivity index (χ0n) is 9.28. The maximum absolute atomic E-state index is 11.5. The molecule has 0 aromatic heterocycles. The average molecular weight is 275 g/mol. The number of anilines is 2. The Balaban J connectivity index is 2.37. The van der Waals surface area contributed by atoms with E-state index in [1.807, 2.05) is 0 Å². The molecule has 1 amide bonds. The van der Waals surface area contributed by atoms with Crippen LogP contribution in [0.25, 0.3) is 0 Å². The van der Waals surface area contributed by atoms with Gasteiger partial charge in [-0.3, -0.25) is 4.79 Å². The molecule has 4 nitrogen and oxygen atoms in total. The number of halogens is 1. The Morgan fingerprint density at radius 3 is 2.88 bits per heavy atom. The van der Waals surface area contributed by atoms with E-state index in [2.05, 4.69) is 5.32 Å². The highest BCUT2D eigenvalue weighted by molar-refractivity contribution is 7.99. The van der Waals surface area contributed by atoms with E-state index in [0.717, 1.165) is 0 Å². The highest BCUT2D eigenvalue weighted by Crippen LogP contribution is 2.22. The van der Waals surface area contributed by atoms with Crippen molar-refractivity contribution in [1.82, 2.24) is 0 Å². The highest BCUT2D eigenvalue weighted by atomic mass is 35.5. The van der Waals surface area contributed by atoms with Gasteiger partial charge in [0.1, 0.15) is 0 Å². The van der Waals surface area contributed by atoms with Gasteiger partial charge < -0.3 is 16.2 Å². The molecule has 0 aliphatic heterocycles. The van der Waals surface area contributed by atoms with E-state index in [1.54, 1.807) is 30.0 Å².